The molecule has 0 atom stereocenters. The van der Waals surface area contributed by atoms with E-state index in [1.165, 1.54) is 0 Å². The van der Waals surface area contributed by atoms with Crippen LogP contribution in [-0.4, -0.2) is 4.98 Å². The lowest BCUT2D eigenvalue weighted by Crippen LogP contribution is -1.87. The fraction of sp³-hybridized carbons (Fsp3) is 0. The van der Waals surface area contributed by atoms with E-state index in [1.807, 2.05) is 12.1 Å². The van der Waals surface area contributed by atoms with Crippen LogP contribution < -0.4 is 4.74 Å². The van der Waals surface area contributed by atoms with Crippen LogP contribution in [0.5, 0.6) is 11.6 Å². The van der Waals surface area contributed by atoms with Crippen molar-refractivity contribution in [1.29, 1.82) is 0 Å². The summed E-state index contributed by atoms with van der Waals surface area (Å²) in [5, 5.41) is 0.568. The van der Waals surface area contributed by atoms with Crippen molar-refractivity contribution >= 4 is 11.6 Å². The predicted octanol–water partition coefficient (Wildman–Crippen LogP) is 3.33. The van der Waals surface area contributed by atoms with Crippen molar-refractivity contribution in [2.75, 3.05) is 0 Å². The minimum Gasteiger partial charge on any atom is -0.437 e. The Morgan fingerprint density at radius 2 is 2.00 bits per heavy atom. The zero-order chi connectivity index (χ0) is 9.80. The summed E-state index contributed by atoms with van der Waals surface area (Å²) in [5.41, 5.74) is 0. The molecule has 0 aliphatic heterocycles. The van der Waals surface area contributed by atoms with Gasteiger partial charge < -0.3 is 4.74 Å². The van der Waals surface area contributed by atoms with Gasteiger partial charge >= 0.3 is 0 Å². The van der Waals surface area contributed by atoms with Crippen molar-refractivity contribution in [1.82, 2.24) is 4.98 Å². The Morgan fingerprint density at radius 3 is 2.71 bits per heavy atom. The lowest BCUT2D eigenvalue weighted by molar-refractivity contribution is 0.463. The minimum absolute atomic E-state index is 0.487. The van der Waals surface area contributed by atoms with Crippen molar-refractivity contribution in [3.05, 3.63) is 53.7 Å². The maximum Gasteiger partial charge on any atom is 0.219 e. The molecule has 0 aliphatic carbocycles. The van der Waals surface area contributed by atoms with Crippen LogP contribution in [-0.2, 0) is 0 Å². The quantitative estimate of drug-likeness (QED) is 0.749. The molecule has 0 amide bonds. The largest absolute Gasteiger partial charge is 0.437 e. The molecule has 0 spiro atoms. The molecule has 0 fully saturated rings. The fourth-order valence-corrected chi connectivity index (χ4v) is 1.18. The first kappa shape index (κ1) is 9.03. The van der Waals surface area contributed by atoms with Crippen molar-refractivity contribution in [2.45, 2.75) is 0 Å². The number of ether oxygens (including phenoxy) is 1. The van der Waals surface area contributed by atoms with Gasteiger partial charge in [0.05, 0.1) is 11.2 Å². The molecule has 14 heavy (non-hydrogen) atoms. The van der Waals surface area contributed by atoms with Crippen molar-refractivity contribution in [2.24, 2.45) is 0 Å². The lowest BCUT2D eigenvalue weighted by Gasteiger charge is -2.04. The number of aromatic nitrogens is 1. The van der Waals surface area contributed by atoms with E-state index in [0.717, 1.165) is 0 Å². The Labute approximate surface area is 87.1 Å². The van der Waals surface area contributed by atoms with Crippen LogP contribution in [0.1, 0.15) is 0 Å². The molecule has 0 unspecified atom stereocenters. The second-order valence-electron chi connectivity index (χ2n) is 2.64. The summed E-state index contributed by atoms with van der Waals surface area (Å²) in [6.07, 6.45) is 2.68. The molecular formula is C11H7ClNO. The van der Waals surface area contributed by atoms with Crippen molar-refractivity contribution < 1.29 is 4.74 Å². The molecule has 1 aromatic carbocycles. The van der Waals surface area contributed by atoms with E-state index in [-0.39, 0.29) is 0 Å². The molecule has 3 heteroatoms. The van der Waals surface area contributed by atoms with E-state index in [0.29, 0.717) is 16.7 Å². The van der Waals surface area contributed by atoms with Gasteiger partial charge in [-0.2, -0.15) is 0 Å². The number of para-hydroxylation sites is 1. The summed E-state index contributed by atoms with van der Waals surface area (Å²) >= 11 is 5.91. The van der Waals surface area contributed by atoms with Crippen molar-refractivity contribution in [3.63, 3.8) is 0 Å². The molecule has 0 aliphatic rings. The molecule has 1 heterocycles. The van der Waals surface area contributed by atoms with Crippen LogP contribution in [0, 0.1) is 6.20 Å². The van der Waals surface area contributed by atoms with E-state index in [2.05, 4.69) is 11.2 Å². The number of hydrogen-bond acceptors (Lipinski definition) is 2. The summed E-state index contributed by atoms with van der Waals surface area (Å²) in [6.45, 7) is 0. The van der Waals surface area contributed by atoms with E-state index >= 15 is 0 Å². The smallest absolute Gasteiger partial charge is 0.219 e. The van der Waals surface area contributed by atoms with Gasteiger partial charge in [-0.25, -0.2) is 4.98 Å². The van der Waals surface area contributed by atoms with E-state index in [1.54, 1.807) is 30.3 Å². The van der Waals surface area contributed by atoms with Gasteiger partial charge in [0.15, 0.2) is 0 Å². The van der Waals surface area contributed by atoms with E-state index < -0.39 is 0 Å². The third kappa shape index (κ3) is 2.03. The monoisotopic (exact) mass is 204 g/mol. The topological polar surface area (TPSA) is 22.1 Å². The van der Waals surface area contributed by atoms with Crippen LogP contribution in [0.4, 0.5) is 0 Å². The number of pyridine rings is 1. The minimum atomic E-state index is 0.487. The predicted molar refractivity (Wildman–Crippen MR) is 54.6 cm³/mol. The molecule has 2 nitrogen and oxygen atoms in total. The maximum atomic E-state index is 5.91. The molecule has 2 aromatic rings. The average Bonchev–Trinajstić information content (AvgIpc) is 2.23. The Balaban J connectivity index is 2.24. The molecule has 0 N–H and O–H groups in total. The first-order chi connectivity index (χ1) is 6.86. The van der Waals surface area contributed by atoms with Gasteiger partial charge in [0.1, 0.15) is 5.75 Å². The highest BCUT2D eigenvalue weighted by Crippen LogP contribution is 2.27. The van der Waals surface area contributed by atoms with Crippen LogP contribution in [0.3, 0.4) is 0 Å². The zero-order valence-corrected chi connectivity index (χ0v) is 8.03. The Morgan fingerprint density at radius 1 is 1.14 bits per heavy atom. The molecule has 1 radical (unpaired) electrons. The third-order valence-corrected chi connectivity index (χ3v) is 1.95. The number of benzene rings is 1. The number of halogens is 1. The Bertz CT molecular complexity index is 417. The van der Waals surface area contributed by atoms with Crippen LogP contribution in [0.15, 0.2) is 42.5 Å². The van der Waals surface area contributed by atoms with Gasteiger partial charge in [0, 0.05) is 6.07 Å². The normalized spacial score (nSPS) is 9.79. The SMILES string of the molecule is Clc1ccccc1Oc1ccc[c]n1. The molecule has 0 saturated carbocycles. The molecule has 1 aromatic heterocycles. The third-order valence-electron chi connectivity index (χ3n) is 1.64. The molecule has 0 bridgehead atoms. The summed E-state index contributed by atoms with van der Waals surface area (Å²) in [5.74, 6) is 1.09. The molecule has 69 valence electrons. The zero-order valence-electron chi connectivity index (χ0n) is 7.27. The highest BCUT2D eigenvalue weighted by molar-refractivity contribution is 6.32. The number of nitrogens with zero attached hydrogens (tertiary/aromatic N) is 1. The number of rotatable bonds is 2. The van der Waals surface area contributed by atoms with E-state index in [9.17, 15) is 0 Å². The Hall–Kier alpha value is -1.54. The summed E-state index contributed by atoms with van der Waals surface area (Å²) in [6, 6.07) is 12.5. The van der Waals surface area contributed by atoms with Gasteiger partial charge in [0.2, 0.25) is 5.88 Å². The first-order valence-corrected chi connectivity index (χ1v) is 4.49. The maximum absolute atomic E-state index is 5.91. The highest BCUT2D eigenvalue weighted by Gasteiger charge is 2.01. The van der Waals surface area contributed by atoms with Gasteiger partial charge in [-0.3, -0.25) is 0 Å². The standard InChI is InChI=1S/C11H7ClNO/c12-9-5-1-2-6-10(9)14-11-7-3-4-8-13-11/h1-7H. The first-order valence-electron chi connectivity index (χ1n) is 4.12. The number of hydrogen-bond donors (Lipinski definition) is 0. The van der Waals surface area contributed by atoms with Crippen LogP contribution >= 0.6 is 11.6 Å². The van der Waals surface area contributed by atoms with Crippen LogP contribution in [0.2, 0.25) is 5.02 Å². The second kappa shape index (κ2) is 4.11. The van der Waals surface area contributed by atoms with Crippen LogP contribution in [0.25, 0.3) is 0 Å². The molecule has 0 saturated heterocycles. The van der Waals surface area contributed by atoms with Gasteiger partial charge in [0.25, 0.3) is 0 Å². The van der Waals surface area contributed by atoms with E-state index in [4.69, 9.17) is 16.3 Å². The Kier molecular flexibility index (Phi) is 2.65. The summed E-state index contributed by atoms with van der Waals surface area (Å²) in [7, 11) is 0. The average molecular weight is 205 g/mol. The fourth-order valence-electron chi connectivity index (χ4n) is 1.01. The van der Waals surface area contributed by atoms with Gasteiger partial charge in [-0.1, -0.05) is 29.8 Å². The molecule has 2 rings (SSSR count). The molecular weight excluding hydrogens is 198 g/mol. The summed E-state index contributed by atoms with van der Waals surface area (Å²) in [4.78, 5) is 3.91. The van der Waals surface area contributed by atoms with Gasteiger partial charge in [-0.15, -0.1) is 0 Å². The van der Waals surface area contributed by atoms with Gasteiger partial charge in [-0.05, 0) is 18.2 Å². The second-order valence-corrected chi connectivity index (χ2v) is 3.04. The highest BCUT2D eigenvalue weighted by atomic mass is 35.5. The summed E-state index contributed by atoms with van der Waals surface area (Å²) < 4.78 is 5.43. The van der Waals surface area contributed by atoms with Crippen molar-refractivity contribution in [3.8, 4) is 11.6 Å². The lowest BCUT2D eigenvalue weighted by atomic mass is 10.3.